The second-order valence-electron chi connectivity index (χ2n) is 37.1. The van der Waals surface area contributed by atoms with Gasteiger partial charge in [-0.25, -0.2) is 9.59 Å². The van der Waals surface area contributed by atoms with Gasteiger partial charge in [-0.05, 0) is 240 Å². The predicted octanol–water partition coefficient (Wildman–Crippen LogP) is 16.8. The number of hydrogen-bond donors (Lipinski definition) is 0. The Morgan fingerprint density at radius 2 is 0.710 bits per heavy atom. The van der Waals surface area contributed by atoms with Crippen LogP contribution in [0, 0.1) is 13.8 Å². The van der Waals surface area contributed by atoms with Crippen LogP contribution in [-0.4, -0.2) is 178 Å². The van der Waals surface area contributed by atoms with E-state index in [-0.39, 0.29) is 140 Å². The summed E-state index contributed by atoms with van der Waals surface area (Å²) in [6.07, 6.45) is 10.7. The van der Waals surface area contributed by atoms with Gasteiger partial charge < -0.3 is 63.2 Å². The van der Waals surface area contributed by atoms with Crippen LogP contribution in [0.15, 0.2) is 197 Å². The van der Waals surface area contributed by atoms with E-state index in [9.17, 15) is 28.8 Å². The molecule has 0 unspecified atom stereocenters. The third kappa shape index (κ3) is 22.4. The molecule has 0 fully saturated rings. The number of aryl methyl sites for hydroxylation is 3. The minimum Gasteiger partial charge on any atom is -1.00 e. The van der Waals surface area contributed by atoms with Crippen LogP contribution >= 0.6 is 0 Å². The van der Waals surface area contributed by atoms with Gasteiger partial charge >= 0.3 is 41.7 Å². The Kier molecular flexibility index (Phi) is 31.8. The van der Waals surface area contributed by atoms with E-state index in [1.54, 1.807) is 40.0 Å². The van der Waals surface area contributed by atoms with Crippen molar-refractivity contribution < 1.29 is 117 Å². The molecule has 0 bridgehead atoms. The summed E-state index contributed by atoms with van der Waals surface area (Å²) in [5, 5.41) is 0. The molecule has 711 valence electrons. The number of hydrogen-bond acceptors (Lipinski definition) is 21. The molecule has 4 atom stereocenters. The molecule has 10 aromatic rings. The molecule has 6 amide bonds. The molecule has 27 nitrogen and oxygen atoms in total. The summed E-state index contributed by atoms with van der Waals surface area (Å²) in [6, 6.07) is 57.5. The van der Waals surface area contributed by atoms with Crippen LogP contribution in [0.1, 0.15) is 179 Å². The van der Waals surface area contributed by atoms with E-state index in [0.717, 1.165) is 98.5 Å². The maximum absolute atomic E-state index is 14.2. The van der Waals surface area contributed by atoms with Crippen molar-refractivity contribution in [2.24, 2.45) is 15.0 Å². The fourth-order valence-corrected chi connectivity index (χ4v) is 18.6. The van der Waals surface area contributed by atoms with E-state index in [2.05, 4.69) is 25.1 Å². The zero-order chi connectivity index (χ0) is 95.1. The summed E-state index contributed by atoms with van der Waals surface area (Å²) >= 11 is 0. The van der Waals surface area contributed by atoms with Gasteiger partial charge in [0, 0.05) is 123 Å². The number of anilines is 6. The molecule has 8 aliphatic rings. The van der Waals surface area contributed by atoms with Crippen LogP contribution in [0.5, 0.6) is 34.5 Å². The maximum atomic E-state index is 14.2. The van der Waals surface area contributed by atoms with Crippen molar-refractivity contribution in [2.45, 2.75) is 182 Å². The topological polar surface area (TPSA) is 270 Å². The second kappa shape index (κ2) is 44.0. The van der Waals surface area contributed by atoms with Gasteiger partial charge in [-0.2, -0.15) is 0 Å². The van der Waals surface area contributed by atoms with Crippen molar-refractivity contribution in [2.75, 3.05) is 110 Å². The van der Waals surface area contributed by atoms with E-state index in [1.807, 2.05) is 241 Å². The van der Waals surface area contributed by atoms with Crippen molar-refractivity contribution in [1.82, 2.24) is 0 Å². The predicted molar refractivity (Wildman–Crippen MR) is 532 cm³/mol. The van der Waals surface area contributed by atoms with Crippen LogP contribution in [0.4, 0.5) is 60.8 Å². The van der Waals surface area contributed by atoms with Gasteiger partial charge in [-0.1, -0.05) is 86.6 Å². The van der Waals surface area contributed by atoms with Gasteiger partial charge in [-0.15, -0.1) is 0 Å². The molecule has 8 heterocycles. The van der Waals surface area contributed by atoms with Crippen LogP contribution in [-0.2, 0) is 87.0 Å². The molecule has 10 aromatic carbocycles. The zero-order valence-electron chi connectivity index (χ0n) is 81.9. The number of aliphatic imine (C=N–C) groups is 3. The van der Waals surface area contributed by atoms with Crippen molar-refractivity contribution in [3.63, 3.8) is 0 Å². The Bertz CT molecular complexity index is 6320. The van der Waals surface area contributed by atoms with Gasteiger partial charge in [0.2, 0.25) is 0 Å². The first kappa shape index (κ1) is 99.8. The van der Waals surface area contributed by atoms with E-state index in [0.29, 0.717) is 156 Å². The first-order valence-corrected chi connectivity index (χ1v) is 46.9. The number of carbonyl (C=O) groups excluding carboxylic acids is 6. The van der Waals surface area contributed by atoms with Crippen LogP contribution in [0.25, 0.3) is 0 Å². The molecule has 0 saturated carbocycles. The summed E-state index contributed by atoms with van der Waals surface area (Å²) in [5.41, 5.74) is 16.8. The molecular weight excluding hydrogens is 1760 g/mol. The molecule has 0 aromatic heterocycles. The normalized spacial score (nSPS) is 16.4. The largest absolute Gasteiger partial charge is 1.00 e. The molecule has 29 heteroatoms. The maximum Gasteiger partial charge on any atom is 1.00 e. The van der Waals surface area contributed by atoms with Crippen LogP contribution in [0.3, 0.4) is 0 Å². The average Bonchev–Trinajstić information content (AvgIpc) is 1.62. The fraction of sp³-hybridized carbons (Fsp3) is 0.367. The first-order chi connectivity index (χ1) is 65.8. The van der Waals surface area contributed by atoms with Crippen molar-refractivity contribution in [3.05, 3.63) is 265 Å². The molecule has 0 spiro atoms. The van der Waals surface area contributed by atoms with Gasteiger partial charge in [0.15, 0.2) is 23.0 Å². The van der Waals surface area contributed by atoms with Crippen molar-refractivity contribution in [1.29, 1.82) is 0 Å². The van der Waals surface area contributed by atoms with Crippen LogP contribution < -0.4 is 87.4 Å². The Hall–Kier alpha value is -12.7. The molecule has 0 saturated heterocycles. The molecule has 18 rings (SSSR count). The number of ether oxygens (including phenoxy) is 12. The Balaban J connectivity index is 0.000000217. The standard InChI is InChI=1S/C55H60N4O9.C54H57N5O9.B.Na.H/c1-7-19-64-21-22-65-20-18-57(54(62)68-55(3,4)5)42-25-36(33-66-49-31-46-45(23-35(49)2)53(61)59-43(32-56-46)28-40-13-9-11-15-48(40)59)24-37(26-42)34-67-51-29-38-16-17-41-27-39-12-8-10-14-47(39)58(41)52(60)44(38)30-50(51)63-6;1-7-17-64-19-20-65-18-16-57(53(62)68-54(3,4)5)39-23-35(32-66-48-28-44-42(21-34(48)2)51(60)58-40(30-55-44)25-37-12-8-10-14-46(37)58)22-36(24-39)33-67-50-29-45-43(27-49(50)63-6)52(61)59-41(31-56-45)26-38-13-9-11-15-47(38)59;;;/h8-15,23-26,29-32,41,43H,7,16-22,27-28,33-34H2,1-6H3;8-15,21-24,27-31,40-41H,7,16-20,25-26,32-33H2,1-6H3;;;/q;;;+1;-1/t41-,43+;40-,41-;;;/m10.../s1. The smallest absolute Gasteiger partial charge is 1.00 e. The molecule has 138 heavy (non-hydrogen) atoms. The monoisotopic (exact) mass is 1870 g/mol. The van der Waals surface area contributed by atoms with Gasteiger partial charge in [0.1, 0.15) is 49.1 Å². The van der Waals surface area contributed by atoms with E-state index >= 15 is 0 Å². The summed E-state index contributed by atoms with van der Waals surface area (Å²) in [5.74, 6) is 2.47. The molecule has 0 N–H and O–H groups in total. The van der Waals surface area contributed by atoms with Crippen molar-refractivity contribution in [3.8, 4) is 34.5 Å². The summed E-state index contributed by atoms with van der Waals surface area (Å²) in [6.45, 7) is 23.1. The summed E-state index contributed by atoms with van der Waals surface area (Å²) < 4.78 is 72.8. The third-order valence-corrected chi connectivity index (χ3v) is 24.9. The Labute approximate surface area is 832 Å². The van der Waals surface area contributed by atoms with E-state index in [4.69, 9.17) is 71.8 Å². The number of fused-ring (bicyclic) bond motifs is 16. The van der Waals surface area contributed by atoms with E-state index in [1.165, 1.54) is 12.7 Å². The zero-order valence-corrected chi connectivity index (χ0v) is 82.9. The number of rotatable bonds is 32. The number of carbonyl (C=O) groups is 6. The van der Waals surface area contributed by atoms with E-state index < -0.39 is 23.4 Å². The number of para-hydroxylation sites is 4. The van der Waals surface area contributed by atoms with Crippen molar-refractivity contribution >= 4 is 114 Å². The molecular formula is C109H118BN9NaO18. The average molecular weight is 1880 g/mol. The molecule has 8 aliphatic heterocycles. The minimum atomic E-state index is -0.770. The minimum absolute atomic E-state index is 0. The quantitative estimate of drug-likeness (QED) is 0.0280. The summed E-state index contributed by atoms with van der Waals surface area (Å²) in [4.78, 5) is 109. The fourth-order valence-electron chi connectivity index (χ4n) is 18.6. The molecule has 3 radical (unpaired) electrons. The second-order valence-corrected chi connectivity index (χ2v) is 37.1. The number of methoxy groups -OCH3 is 2. The SMILES string of the molecule is CCCOCCOCCN(C(=O)OC(C)(C)C)c1cc(COc2cc3c(cc2C)C(=O)N2c4ccccc4C[C@H]2C=N3)cc(COc2cc3c(cc2OC)C(=O)N2c4ccccc4C[C@H]2C=N3)c1.CCCOCCOCCN(C(=O)OC(C)(C)C)c1cc(COc2cc3c(cc2C)C(=O)N2c4ccccc4C[C@H]2C=N3)cc(COc2cc3c(cc2OC)C(=O)N2c4ccccc4C[C@H]2CC3)c1.[B].[H-].[Na+]. The first-order valence-electron chi connectivity index (χ1n) is 46.9. The van der Waals surface area contributed by atoms with Gasteiger partial charge in [0.25, 0.3) is 23.6 Å². The molecule has 0 aliphatic carbocycles. The third-order valence-electron chi connectivity index (χ3n) is 24.9. The number of benzene rings is 10. The Morgan fingerprint density at radius 1 is 0.384 bits per heavy atom. The van der Waals surface area contributed by atoms with Gasteiger partial charge in [-0.3, -0.25) is 58.7 Å². The number of nitrogens with zero attached hydrogens (tertiary/aromatic N) is 9. The Morgan fingerprint density at radius 3 is 1.09 bits per heavy atom. The number of amides is 6. The van der Waals surface area contributed by atoms with Gasteiger partial charge in [0.05, 0.1) is 119 Å². The van der Waals surface area contributed by atoms with Crippen LogP contribution in [0.2, 0.25) is 0 Å². The summed E-state index contributed by atoms with van der Waals surface area (Å²) in [7, 11) is 3.11.